The minimum atomic E-state index is -1.06. The maximum absolute atomic E-state index is 11.1. The number of urea groups is 1. The number of carbonyl (C=O) groups excluding carboxylic acids is 1. The van der Waals surface area contributed by atoms with E-state index in [0.717, 1.165) is 10.4 Å². The van der Waals surface area contributed by atoms with Crippen LogP contribution in [0.4, 0.5) is 4.79 Å². The van der Waals surface area contributed by atoms with Crippen LogP contribution >= 0.6 is 11.3 Å². The largest absolute Gasteiger partial charge is 0.480 e. The van der Waals surface area contributed by atoms with Crippen molar-refractivity contribution in [2.24, 2.45) is 0 Å². The van der Waals surface area contributed by atoms with Crippen molar-refractivity contribution in [3.8, 4) is 0 Å². The molecule has 0 unspecified atom stereocenters. The average molecular weight is 228 g/mol. The SMILES string of the molecule is Cc1ccsc1CNC(=O)NCC(=O)O. The van der Waals surface area contributed by atoms with Crippen LogP contribution in [0.5, 0.6) is 0 Å². The maximum Gasteiger partial charge on any atom is 0.323 e. The number of thiophene rings is 1. The Bertz CT molecular complexity index is 362. The number of amides is 2. The van der Waals surface area contributed by atoms with Gasteiger partial charge in [0.1, 0.15) is 6.54 Å². The molecule has 2 amide bonds. The summed E-state index contributed by atoms with van der Waals surface area (Å²) in [6.07, 6.45) is 0. The molecule has 15 heavy (non-hydrogen) atoms. The molecule has 0 aliphatic carbocycles. The molecular weight excluding hydrogens is 216 g/mol. The van der Waals surface area contributed by atoms with E-state index in [-0.39, 0.29) is 6.54 Å². The van der Waals surface area contributed by atoms with Crippen LogP contribution in [0, 0.1) is 6.92 Å². The summed E-state index contributed by atoms with van der Waals surface area (Å²) >= 11 is 1.56. The standard InChI is InChI=1S/C9H12N2O3S/c1-6-2-3-15-7(6)4-10-9(14)11-5-8(12)13/h2-3H,4-5H2,1H3,(H,12,13)(H2,10,11,14). The van der Waals surface area contributed by atoms with Crippen molar-refractivity contribution in [1.82, 2.24) is 10.6 Å². The highest BCUT2D eigenvalue weighted by atomic mass is 32.1. The first kappa shape index (κ1) is 11.5. The molecule has 1 heterocycles. The Morgan fingerprint density at radius 2 is 2.20 bits per heavy atom. The Labute approximate surface area is 91.1 Å². The highest BCUT2D eigenvalue weighted by Gasteiger charge is 2.04. The van der Waals surface area contributed by atoms with Crippen LogP contribution in [0.25, 0.3) is 0 Å². The number of aliphatic carboxylic acids is 1. The zero-order valence-electron chi connectivity index (χ0n) is 8.24. The number of carboxylic acid groups (broad SMARTS) is 1. The topological polar surface area (TPSA) is 78.4 Å². The van der Waals surface area contributed by atoms with Crippen LogP contribution in [-0.4, -0.2) is 23.7 Å². The van der Waals surface area contributed by atoms with E-state index in [1.807, 2.05) is 18.4 Å². The molecule has 6 heteroatoms. The van der Waals surface area contributed by atoms with Gasteiger partial charge in [0, 0.05) is 4.88 Å². The van der Waals surface area contributed by atoms with Gasteiger partial charge in [0.25, 0.3) is 0 Å². The molecule has 0 saturated carbocycles. The van der Waals surface area contributed by atoms with E-state index in [1.54, 1.807) is 11.3 Å². The lowest BCUT2D eigenvalue weighted by Crippen LogP contribution is -2.37. The van der Waals surface area contributed by atoms with Gasteiger partial charge in [-0.05, 0) is 23.9 Å². The maximum atomic E-state index is 11.1. The van der Waals surface area contributed by atoms with E-state index in [2.05, 4.69) is 10.6 Å². The van der Waals surface area contributed by atoms with Gasteiger partial charge in [0.2, 0.25) is 0 Å². The molecule has 0 atom stereocenters. The van der Waals surface area contributed by atoms with Gasteiger partial charge in [-0.25, -0.2) is 4.79 Å². The van der Waals surface area contributed by atoms with Crippen molar-refractivity contribution in [2.45, 2.75) is 13.5 Å². The Morgan fingerprint density at radius 1 is 1.47 bits per heavy atom. The third-order valence-corrected chi connectivity index (χ3v) is 2.80. The smallest absolute Gasteiger partial charge is 0.323 e. The van der Waals surface area contributed by atoms with Crippen LogP contribution in [0.2, 0.25) is 0 Å². The second kappa shape index (κ2) is 5.35. The number of nitrogens with one attached hydrogen (secondary N) is 2. The first-order valence-corrected chi connectivity index (χ1v) is 5.24. The Kier molecular flexibility index (Phi) is 4.11. The third kappa shape index (κ3) is 3.99. The van der Waals surface area contributed by atoms with Crippen molar-refractivity contribution in [3.05, 3.63) is 21.9 Å². The summed E-state index contributed by atoms with van der Waals surface area (Å²) in [7, 11) is 0. The first-order valence-electron chi connectivity index (χ1n) is 4.36. The van der Waals surface area contributed by atoms with Gasteiger partial charge in [0.15, 0.2) is 0 Å². The van der Waals surface area contributed by atoms with E-state index in [1.165, 1.54) is 0 Å². The molecule has 0 fully saturated rings. The fraction of sp³-hybridized carbons (Fsp3) is 0.333. The molecule has 5 nitrogen and oxygen atoms in total. The van der Waals surface area contributed by atoms with E-state index in [9.17, 15) is 9.59 Å². The number of hydrogen-bond acceptors (Lipinski definition) is 3. The molecule has 0 aliphatic rings. The Hall–Kier alpha value is -1.56. The monoisotopic (exact) mass is 228 g/mol. The van der Waals surface area contributed by atoms with Gasteiger partial charge >= 0.3 is 12.0 Å². The van der Waals surface area contributed by atoms with Crippen LogP contribution < -0.4 is 10.6 Å². The molecule has 0 spiro atoms. The molecule has 82 valence electrons. The minimum absolute atomic E-state index is 0.366. The van der Waals surface area contributed by atoms with Crippen molar-refractivity contribution < 1.29 is 14.7 Å². The second-order valence-corrected chi connectivity index (χ2v) is 3.96. The van der Waals surface area contributed by atoms with E-state index < -0.39 is 12.0 Å². The lowest BCUT2D eigenvalue weighted by Gasteiger charge is -2.04. The molecular formula is C9H12N2O3S. The van der Waals surface area contributed by atoms with Gasteiger partial charge in [-0.1, -0.05) is 0 Å². The number of carbonyl (C=O) groups is 2. The quantitative estimate of drug-likeness (QED) is 0.717. The highest BCUT2D eigenvalue weighted by Crippen LogP contribution is 2.14. The molecule has 1 aromatic heterocycles. The van der Waals surface area contributed by atoms with Crippen molar-refractivity contribution >= 4 is 23.3 Å². The molecule has 0 bridgehead atoms. The normalized spacial score (nSPS) is 9.67. The summed E-state index contributed by atoms with van der Waals surface area (Å²) in [5.41, 5.74) is 1.12. The molecule has 0 saturated heterocycles. The van der Waals surface area contributed by atoms with E-state index >= 15 is 0 Å². The molecule has 3 N–H and O–H groups in total. The zero-order valence-corrected chi connectivity index (χ0v) is 9.06. The highest BCUT2D eigenvalue weighted by molar-refractivity contribution is 7.10. The van der Waals surface area contributed by atoms with Gasteiger partial charge in [0.05, 0.1) is 6.54 Å². The van der Waals surface area contributed by atoms with Gasteiger partial charge in [-0.2, -0.15) is 0 Å². The molecule has 1 aromatic rings. The summed E-state index contributed by atoms with van der Waals surface area (Å²) in [5, 5.41) is 15.1. The lowest BCUT2D eigenvalue weighted by atomic mass is 10.3. The van der Waals surface area contributed by atoms with Gasteiger partial charge < -0.3 is 15.7 Å². The van der Waals surface area contributed by atoms with Crippen LogP contribution in [0.3, 0.4) is 0 Å². The fourth-order valence-electron chi connectivity index (χ4n) is 0.964. The average Bonchev–Trinajstić information content (AvgIpc) is 2.58. The predicted octanol–water partition coefficient (Wildman–Crippen LogP) is 0.940. The molecule has 0 aliphatic heterocycles. The molecule has 0 aromatic carbocycles. The van der Waals surface area contributed by atoms with E-state index in [0.29, 0.717) is 6.54 Å². The van der Waals surface area contributed by atoms with E-state index in [4.69, 9.17) is 5.11 Å². The number of rotatable bonds is 4. The van der Waals surface area contributed by atoms with Gasteiger partial charge in [-0.3, -0.25) is 4.79 Å². The number of hydrogen-bond donors (Lipinski definition) is 3. The Balaban J connectivity index is 2.28. The van der Waals surface area contributed by atoms with Crippen LogP contribution in [0.1, 0.15) is 10.4 Å². The number of aryl methyl sites for hydroxylation is 1. The van der Waals surface area contributed by atoms with Gasteiger partial charge in [-0.15, -0.1) is 11.3 Å². The summed E-state index contributed by atoms with van der Waals surface area (Å²) in [4.78, 5) is 22.3. The van der Waals surface area contributed by atoms with Crippen molar-refractivity contribution in [3.63, 3.8) is 0 Å². The zero-order chi connectivity index (χ0) is 11.3. The molecule has 0 radical (unpaired) electrons. The number of carboxylic acids is 1. The van der Waals surface area contributed by atoms with Crippen molar-refractivity contribution in [1.29, 1.82) is 0 Å². The van der Waals surface area contributed by atoms with Crippen molar-refractivity contribution in [2.75, 3.05) is 6.54 Å². The van der Waals surface area contributed by atoms with Crippen LogP contribution in [-0.2, 0) is 11.3 Å². The summed E-state index contributed by atoms with van der Waals surface area (Å²) < 4.78 is 0. The fourth-order valence-corrected chi connectivity index (χ4v) is 1.81. The van der Waals surface area contributed by atoms with Crippen LogP contribution in [0.15, 0.2) is 11.4 Å². The molecule has 1 rings (SSSR count). The summed E-state index contributed by atoms with van der Waals surface area (Å²) in [5.74, 6) is -1.06. The minimum Gasteiger partial charge on any atom is -0.480 e. The summed E-state index contributed by atoms with van der Waals surface area (Å²) in [6, 6.07) is 1.50. The first-order chi connectivity index (χ1) is 7.09. The lowest BCUT2D eigenvalue weighted by molar-refractivity contribution is -0.135. The second-order valence-electron chi connectivity index (χ2n) is 2.96. The third-order valence-electron chi connectivity index (χ3n) is 1.78. The summed E-state index contributed by atoms with van der Waals surface area (Å²) in [6.45, 7) is 2.02. The Morgan fingerprint density at radius 3 is 2.73 bits per heavy atom. The predicted molar refractivity (Wildman–Crippen MR) is 56.9 cm³/mol.